The van der Waals surface area contributed by atoms with Gasteiger partial charge < -0.3 is 14.7 Å². The van der Waals surface area contributed by atoms with E-state index in [1.165, 1.54) is 7.11 Å². The van der Waals surface area contributed by atoms with E-state index >= 15 is 0 Å². The third-order valence-electron chi connectivity index (χ3n) is 5.63. The Kier molecular flexibility index (Phi) is 7.39. The molecule has 0 radical (unpaired) electrons. The van der Waals surface area contributed by atoms with E-state index in [4.69, 9.17) is 4.74 Å². The summed E-state index contributed by atoms with van der Waals surface area (Å²) in [6.07, 6.45) is -6.52. The molecule has 0 saturated carbocycles. The molecule has 2 aromatic rings. The number of carbonyl (C=O) groups is 1. The summed E-state index contributed by atoms with van der Waals surface area (Å²) in [5, 5.41) is 19.8. The summed E-state index contributed by atoms with van der Waals surface area (Å²) < 4.78 is 74.7. The van der Waals surface area contributed by atoms with Gasteiger partial charge in [0.25, 0.3) is 5.91 Å². The molecule has 0 spiro atoms. The second kappa shape index (κ2) is 9.67. The van der Waals surface area contributed by atoms with Crippen molar-refractivity contribution >= 4 is 11.5 Å². The molecule has 0 saturated heterocycles. The Balaban J connectivity index is 2.35. The van der Waals surface area contributed by atoms with Gasteiger partial charge in [-0.05, 0) is 32.0 Å². The van der Waals surface area contributed by atoms with Gasteiger partial charge in [-0.2, -0.15) is 18.3 Å². The number of aromatic nitrogens is 2. The molecule has 1 unspecified atom stereocenters. The molecule has 192 valence electrons. The molecule has 7 nitrogen and oxygen atoms in total. The highest BCUT2D eigenvalue weighted by Crippen LogP contribution is 2.44. The van der Waals surface area contributed by atoms with Crippen LogP contribution >= 0.6 is 0 Å². The number of alkyl halides is 3. The monoisotopic (exact) mass is 502 g/mol. The van der Waals surface area contributed by atoms with Crippen molar-refractivity contribution in [3.8, 4) is 0 Å². The topological polar surface area (TPSA) is 90.5 Å². The fraction of sp³-hybridized carbons (Fsp3) is 0.478. The van der Waals surface area contributed by atoms with Crippen LogP contribution in [0.3, 0.4) is 0 Å². The molecule has 1 aliphatic rings. The second-order valence-corrected chi connectivity index (χ2v) is 9.24. The van der Waals surface area contributed by atoms with Gasteiger partial charge in [0.15, 0.2) is 17.3 Å². The number of carbonyl (C=O) groups excluding carboxylic acids is 1. The Bertz CT molecular complexity index is 1140. The number of nitrogens with one attached hydrogen (secondary N) is 2. The zero-order chi connectivity index (χ0) is 26.3. The van der Waals surface area contributed by atoms with Crippen molar-refractivity contribution < 1.29 is 36.6 Å². The average molecular weight is 502 g/mol. The molecule has 3 N–H and O–H groups in total. The van der Waals surface area contributed by atoms with Gasteiger partial charge in [-0.3, -0.25) is 15.2 Å². The predicted octanol–water partition coefficient (Wildman–Crippen LogP) is 3.81. The number of nitrogens with zero attached hydrogens (tertiary/aromatic N) is 2. The largest absolute Gasteiger partial charge is 0.435 e. The van der Waals surface area contributed by atoms with Crippen molar-refractivity contribution in [3.63, 3.8) is 0 Å². The van der Waals surface area contributed by atoms with Crippen molar-refractivity contribution in [2.75, 3.05) is 20.3 Å². The summed E-state index contributed by atoms with van der Waals surface area (Å²) in [7, 11) is 1.28. The lowest BCUT2D eigenvalue weighted by molar-refractivity contribution is -0.141. The van der Waals surface area contributed by atoms with Gasteiger partial charge in [-0.15, -0.1) is 0 Å². The number of fused-ring (bicyclic) bond motifs is 1. The minimum Gasteiger partial charge on any atom is -0.378 e. The van der Waals surface area contributed by atoms with Gasteiger partial charge in [0.1, 0.15) is 6.23 Å². The van der Waals surface area contributed by atoms with E-state index in [1.807, 2.05) is 0 Å². The third kappa shape index (κ3) is 5.24. The van der Waals surface area contributed by atoms with Crippen molar-refractivity contribution in [1.29, 1.82) is 0 Å². The minimum atomic E-state index is -4.87. The van der Waals surface area contributed by atoms with Gasteiger partial charge in [-0.25, -0.2) is 8.78 Å². The summed E-state index contributed by atoms with van der Waals surface area (Å²) in [5.41, 5.74) is -3.26. The summed E-state index contributed by atoms with van der Waals surface area (Å²) in [5.74, 6) is -3.21. The zero-order valence-corrected chi connectivity index (χ0v) is 19.8. The van der Waals surface area contributed by atoms with Crippen LogP contribution in [0.15, 0.2) is 23.9 Å². The SMILES string of the molecule is COCC1=C(C(O)NC(C)C)c2c(C(F)(F)F)n[nH]c2C(C)(C)CN1C(=O)c1ccc(F)c(F)c1. The van der Waals surface area contributed by atoms with Gasteiger partial charge in [-0.1, -0.05) is 13.8 Å². The number of benzene rings is 1. The number of aromatic amines is 1. The molecule has 35 heavy (non-hydrogen) atoms. The highest BCUT2D eigenvalue weighted by atomic mass is 19.4. The van der Waals surface area contributed by atoms with E-state index in [1.54, 1.807) is 27.7 Å². The first kappa shape index (κ1) is 26.8. The lowest BCUT2D eigenvalue weighted by Crippen LogP contribution is -2.42. The molecule has 1 aromatic heterocycles. The van der Waals surface area contributed by atoms with Crippen molar-refractivity contribution in [3.05, 3.63) is 58.0 Å². The van der Waals surface area contributed by atoms with Crippen LogP contribution in [0.25, 0.3) is 5.57 Å². The molecule has 0 aliphatic carbocycles. The lowest BCUT2D eigenvalue weighted by atomic mass is 9.84. The van der Waals surface area contributed by atoms with E-state index < -0.39 is 46.6 Å². The Morgan fingerprint density at radius 1 is 1.29 bits per heavy atom. The number of hydrogen-bond donors (Lipinski definition) is 3. The second-order valence-electron chi connectivity index (χ2n) is 9.24. The molecule has 2 heterocycles. The molecular formula is C23H27F5N4O3. The molecule has 0 fully saturated rings. The quantitative estimate of drug-likeness (QED) is 0.413. The smallest absolute Gasteiger partial charge is 0.378 e. The number of ether oxygens (including phenoxy) is 1. The first-order valence-corrected chi connectivity index (χ1v) is 10.8. The number of hydrogen-bond acceptors (Lipinski definition) is 5. The van der Waals surface area contributed by atoms with Crippen LogP contribution in [0.2, 0.25) is 0 Å². The maximum absolute atomic E-state index is 14.0. The van der Waals surface area contributed by atoms with E-state index in [2.05, 4.69) is 15.5 Å². The molecule has 1 amide bonds. The molecule has 1 aliphatic heterocycles. The maximum Gasteiger partial charge on any atom is 0.435 e. The highest BCUT2D eigenvalue weighted by Gasteiger charge is 2.47. The lowest BCUT2D eigenvalue weighted by Gasteiger charge is -2.32. The van der Waals surface area contributed by atoms with E-state index in [9.17, 15) is 31.9 Å². The maximum atomic E-state index is 14.0. The average Bonchev–Trinajstić information content (AvgIpc) is 3.15. The summed E-state index contributed by atoms with van der Waals surface area (Å²) in [6, 6.07) is 2.23. The van der Waals surface area contributed by atoms with E-state index in [0.717, 1.165) is 17.0 Å². The number of aliphatic hydroxyl groups is 1. The first-order valence-electron chi connectivity index (χ1n) is 10.8. The van der Waals surface area contributed by atoms with Crippen molar-refractivity contribution in [2.45, 2.75) is 51.6 Å². The number of aliphatic hydroxyl groups excluding tert-OH is 1. The fourth-order valence-corrected chi connectivity index (χ4v) is 4.12. The Morgan fingerprint density at radius 3 is 2.49 bits per heavy atom. The predicted molar refractivity (Wildman–Crippen MR) is 117 cm³/mol. The van der Waals surface area contributed by atoms with Crippen LogP contribution in [-0.2, 0) is 16.3 Å². The normalized spacial score (nSPS) is 17.0. The Hall–Kier alpha value is -2.83. The minimum absolute atomic E-state index is 0.0543. The van der Waals surface area contributed by atoms with Gasteiger partial charge in [0, 0.05) is 41.8 Å². The first-order chi connectivity index (χ1) is 16.2. The van der Waals surface area contributed by atoms with Crippen molar-refractivity contribution in [1.82, 2.24) is 20.4 Å². The Morgan fingerprint density at radius 2 is 1.94 bits per heavy atom. The van der Waals surface area contributed by atoms with Crippen LogP contribution < -0.4 is 5.32 Å². The van der Waals surface area contributed by atoms with Gasteiger partial charge >= 0.3 is 6.18 Å². The highest BCUT2D eigenvalue weighted by molar-refractivity contribution is 5.97. The number of H-pyrrole nitrogens is 1. The molecule has 0 bridgehead atoms. The number of halogens is 5. The van der Waals surface area contributed by atoms with Crippen LogP contribution in [0.4, 0.5) is 22.0 Å². The Labute approximate surface area is 199 Å². The van der Waals surface area contributed by atoms with Gasteiger partial charge in [0.2, 0.25) is 0 Å². The van der Waals surface area contributed by atoms with Crippen LogP contribution in [-0.4, -0.2) is 58.6 Å². The standard InChI is InChI=1S/C23H27F5N4O3/c1-11(2)29-20(33)16-15(9-35-5)32(21(34)12-6-7-13(24)14(25)8-12)10-22(3,4)18-17(16)19(31-30-18)23(26,27)28/h6-8,11,20,29,33H,9-10H2,1-5H3,(H,30,31). The molecular weight excluding hydrogens is 475 g/mol. The fourth-order valence-electron chi connectivity index (χ4n) is 4.12. The molecule has 1 atom stereocenters. The number of methoxy groups -OCH3 is 1. The van der Waals surface area contributed by atoms with E-state index in [0.29, 0.717) is 6.07 Å². The molecule has 12 heteroatoms. The zero-order valence-electron chi connectivity index (χ0n) is 19.8. The summed E-state index contributed by atoms with van der Waals surface area (Å²) in [6.45, 7) is 6.04. The van der Waals surface area contributed by atoms with Crippen molar-refractivity contribution in [2.24, 2.45) is 0 Å². The van der Waals surface area contributed by atoms with E-state index in [-0.39, 0.29) is 41.7 Å². The van der Waals surface area contributed by atoms with Crippen LogP contribution in [0.5, 0.6) is 0 Å². The molecule has 3 rings (SSSR count). The molecule has 1 aromatic carbocycles. The number of amides is 1. The summed E-state index contributed by atoms with van der Waals surface area (Å²) >= 11 is 0. The summed E-state index contributed by atoms with van der Waals surface area (Å²) in [4.78, 5) is 14.7. The number of rotatable bonds is 6. The van der Waals surface area contributed by atoms with Gasteiger partial charge in [0.05, 0.1) is 18.0 Å². The van der Waals surface area contributed by atoms with Crippen LogP contribution in [0, 0.1) is 11.6 Å². The third-order valence-corrected chi connectivity index (χ3v) is 5.63. The van der Waals surface area contributed by atoms with Crippen LogP contribution in [0.1, 0.15) is 55.0 Å².